The van der Waals surface area contributed by atoms with E-state index in [0.29, 0.717) is 12.1 Å². The second kappa shape index (κ2) is 6.41. The fourth-order valence-corrected chi connectivity index (χ4v) is 1.95. The Hall–Kier alpha value is -0.0800. The molecule has 1 fully saturated rings. The van der Waals surface area contributed by atoms with Gasteiger partial charge in [0, 0.05) is 19.2 Å². The van der Waals surface area contributed by atoms with Crippen LogP contribution < -0.4 is 5.32 Å². The first-order valence-corrected chi connectivity index (χ1v) is 6.07. The van der Waals surface area contributed by atoms with Crippen molar-refractivity contribution >= 4 is 0 Å². The summed E-state index contributed by atoms with van der Waals surface area (Å²) in [5.74, 6) is 0.760. The van der Waals surface area contributed by atoms with Gasteiger partial charge in [0.25, 0.3) is 0 Å². The number of rotatable bonds is 6. The Balaban J connectivity index is 2.04. The molecule has 1 saturated heterocycles. The van der Waals surface area contributed by atoms with Crippen molar-refractivity contribution < 1.29 is 4.74 Å². The van der Waals surface area contributed by atoms with E-state index >= 15 is 0 Å². The first-order chi connectivity index (χ1) is 6.72. The van der Waals surface area contributed by atoms with Crippen molar-refractivity contribution in [3.05, 3.63) is 0 Å². The van der Waals surface area contributed by atoms with Gasteiger partial charge in [-0.3, -0.25) is 0 Å². The average molecular weight is 199 g/mol. The van der Waals surface area contributed by atoms with Gasteiger partial charge in [-0.15, -0.1) is 0 Å². The Kier molecular flexibility index (Phi) is 5.49. The van der Waals surface area contributed by atoms with E-state index in [0.717, 1.165) is 19.1 Å². The van der Waals surface area contributed by atoms with Crippen LogP contribution in [0.25, 0.3) is 0 Å². The van der Waals surface area contributed by atoms with Gasteiger partial charge in [0.15, 0.2) is 0 Å². The van der Waals surface area contributed by atoms with Gasteiger partial charge in [-0.2, -0.15) is 0 Å². The molecule has 0 unspecified atom stereocenters. The van der Waals surface area contributed by atoms with Gasteiger partial charge in [-0.25, -0.2) is 0 Å². The number of ether oxygens (including phenoxy) is 1. The fourth-order valence-electron chi connectivity index (χ4n) is 1.95. The van der Waals surface area contributed by atoms with Crippen LogP contribution in [0.15, 0.2) is 0 Å². The molecule has 0 aromatic rings. The molecule has 0 saturated carbocycles. The van der Waals surface area contributed by atoms with Crippen LogP contribution in [0.3, 0.4) is 0 Å². The minimum absolute atomic E-state index is 0.477. The van der Waals surface area contributed by atoms with Crippen LogP contribution >= 0.6 is 0 Å². The van der Waals surface area contributed by atoms with Gasteiger partial charge in [-0.1, -0.05) is 27.2 Å². The second-order valence-corrected chi connectivity index (χ2v) is 4.80. The van der Waals surface area contributed by atoms with E-state index in [4.69, 9.17) is 4.74 Å². The fraction of sp³-hybridized carbons (Fsp3) is 1.00. The van der Waals surface area contributed by atoms with Crippen molar-refractivity contribution in [1.82, 2.24) is 5.32 Å². The van der Waals surface area contributed by atoms with Crippen molar-refractivity contribution in [1.29, 1.82) is 0 Å². The van der Waals surface area contributed by atoms with Crippen LogP contribution in [0.4, 0.5) is 0 Å². The molecule has 2 nitrogen and oxygen atoms in total. The number of nitrogens with one attached hydrogen (secondary N) is 1. The summed E-state index contributed by atoms with van der Waals surface area (Å²) in [6.45, 7) is 8.73. The summed E-state index contributed by atoms with van der Waals surface area (Å²) < 4.78 is 5.83. The predicted octanol–water partition coefficient (Wildman–Crippen LogP) is 2.58. The number of hydrogen-bond donors (Lipinski definition) is 1. The molecule has 0 amide bonds. The molecule has 0 radical (unpaired) electrons. The van der Waals surface area contributed by atoms with Crippen molar-refractivity contribution in [3.63, 3.8) is 0 Å². The Morgan fingerprint density at radius 3 is 2.86 bits per heavy atom. The van der Waals surface area contributed by atoms with Crippen LogP contribution in [0.5, 0.6) is 0 Å². The lowest BCUT2D eigenvalue weighted by Gasteiger charge is -2.12. The summed E-state index contributed by atoms with van der Waals surface area (Å²) in [6, 6.07) is 0.712. The molecule has 1 rings (SSSR count). The zero-order chi connectivity index (χ0) is 10.4. The zero-order valence-corrected chi connectivity index (χ0v) is 9.88. The maximum absolute atomic E-state index is 5.83. The van der Waals surface area contributed by atoms with Gasteiger partial charge in [0.2, 0.25) is 0 Å². The Bertz CT molecular complexity index is 147. The van der Waals surface area contributed by atoms with Gasteiger partial charge < -0.3 is 10.1 Å². The van der Waals surface area contributed by atoms with E-state index in [9.17, 15) is 0 Å². The van der Waals surface area contributed by atoms with Crippen LogP contribution in [0.2, 0.25) is 0 Å². The number of hydrogen-bond acceptors (Lipinski definition) is 2. The Morgan fingerprint density at radius 2 is 2.21 bits per heavy atom. The van der Waals surface area contributed by atoms with Crippen molar-refractivity contribution in [3.8, 4) is 0 Å². The average Bonchev–Trinajstić information content (AvgIpc) is 2.53. The van der Waals surface area contributed by atoms with Gasteiger partial charge in [0.05, 0.1) is 6.10 Å². The molecule has 1 heterocycles. The molecule has 84 valence electrons. The standard InChI is InChI=1S/C12H25NO/c1-4-5-11-8-12(9-13-11)14-7-6-10(2)3/h10-13H,4-9H2,1-3H3/t11-,12-/m0/s1. The van der Waals surface area contributed by atoms with E-state index in [1.54, 1.807) is 0 Å². The molecule has 1 aliphatic heterocycles. The summed E-state index contributed by atoms with van der Waals surface area (Å²) in [7, 11) is 0. The summed E-state index contributed by atoms with van der Waals surface area (Å²) in [5, 5.41) is 3.52. The SMILES string of the molecule is CCC[C@H]1C[C@H](OCCC(C)C)CN1. The van der Waals surface area contributed by atoms with Crippen LogP contribution in [-0.2, 0) is 4.74 Å². The lowest BCUT2D eigenvalue weighted by atomic mass is 10.1. The molecule has 0 bridgehead atoms. The third-order valence-corrected chi connectivity index (χ3v) is 2.87. The minimum Gasteiger partial charge on any atom is -0.377 e. The van der Waals surface area contributed by atoms with E-state index in [-0.39, 0.29) is 0 Å². The quantitative estimate of drug-likeness (QED) is 0.710. The molecule has 0 spiro atoms. The molecule has 0 aromatic heterocycles. The highest BCUT2D eigenvalue weighted by Gasteiger charge is 2.23. The van der Waals surface area contributed by atoms with Crippen molar-refractivity contribution in [2.45, 2.75) is 58.6 Å². The van der Waals surface area contributed by atoms with Crippen LogP contribution in [-0.4, -0.2) is 25.3 Å². The molecule has 1 aliphatic rings. The van der Waals surface area contributed by atoms with E-state index in [1.165, 1.54) is 25.7 Å². The third kappa shape index (κ3) is 4.43. The molecule has 0 aromatic carbocycles. The highest BCUT2D eigenvalue weighted by molar-refractivity contribution is 4.81. The third-order valence-electron chi connectivity index (χ3n) is 2.87. The largest absolute Gasteiger partial charge is 0.377 e. The lowest BCUT2D eigenvalue weighted by molar-refractivity contribution is 0.0580. The molecule has 2 atom stereocenters. The monoisotopic (exact) mass is 199 g/mol. The summed E-state index contributed by atoms with van der Waals surface area (Å²) in [6.07, 6.45) is 5.45. The molecule has 1 N–H and O–H groups in total. The molecular weight excluding hydrogens is 174 g/mol. The van der Waals surface area contributed by atoms with E-state index in [1.807, 2.05) is 0 Å². The topological polar surface area (TPSA) is 21.3 Å². The van der Waals surface area contributed by atoms with Gasteiger partial charge >= 0.3 is 0 Å². The highest BCUT2D eigenvalue weighted by atomic mass is 16.5. The molecule has 14 heavy (non-hydrogen) atoms. The van der Waals surface area contributed by atoms with Crippen molar-refractivity contribution in [2.24, 2.45) is 5.92 Å². The Labute approximate surface area is 88.4 Å². The highest BCUT2D eigenvalue weighted by Crippen LogP contribution is 2.15. The van der Waals surface area contributed by atoms with Crippen LogP contribution in [0, 0.1) is 5.92 Å². The summed E-state index contributed by atoms with van der Waals surface area (Å²) in [4.78, 5) is 0. The Morgan fingerprint density at radius 1 is 1.43 bits per heavy atom. The second-order valence-electron chi connectivity index (χ2n) is 4.80. The van der Waals surface area contributed by atoms with Crippen molar-refractivity contribution in [2.75, 3.05) is 13.2 Å². The smallest absolute Gasteiger partial charge is 0.0714 e. The predicted molar refractivity (Wildman–Crippen MR) is 60.5 cm³/mol. The normalized spacial score (nSPS) is 27.4. The molecule has 2 heteroatoms. The lowest BCUT2D eigenvalue weighted by Crippen LogP contribution is -2.21. The van der Waals surface area contributed by atoms with Crippen LogP contribution in [0.1, 0.15) is 46.5 Å². The first-order valence-electron chi connectivity index (χ1n) is 6.07. The zero-order valence-electron chi connectivity index (χ0n) is 9.88. The maximum atomic E-state index is 5.83. The summed E-state index contributed by atoms with van der Waals surface area (Å²) in [5.41, 5.74) is 0. The van der Waals surface area contributed by atoms with E-state index in [2.05, 4.69) is 26.1 Å². The van der Waals surface area contributed by atoms with Gasteiger partial charge in [-0.05, 0) is 25.2 Å². The first kappa shape index (κ1) is 12.0. The van der Waals surface area contributed by atoms with E-state index < -0.39 is 0 Å². The van der Waals surface area contributed by atoms with Gasteiger partial charge in [0.1, 0.15) is 0 Å². The summed E-state index contributed by atoms with van der Waals surface area (Å²) >= 11 is 0. The molecular formula is C12H25NO. The minimum atomic E-state index is 0.477. The molecule has 0 aliphatic carbocycles. The maximum Gasteiger partial charge on any atom is 0.0714 e.